The Morgan fingerprint density at radius 2 is 2.09 bits per heavy atom. The molecule has 0 radical (unpaired) electrons. The lowest BCUT2D eigenvalue weighted by Crippen LogP contribution is -2.47. The van der Waals surface area contributed by atoms with E-state index in [0.717, 1.165) is 5.56 Å². The minimum atomic E-state index is -4.48. The van der Waals surface area contributed by atoms with Gasteiger partial charge in [0.15, 0.2) is 11.3 Å². The van der Waals surface area contributed by atoms with Gasteiger partial charge in [0, 0.05) is 5.69 Å². The third kappa shape index (κ3) is 2.65. The molecule has 1 atom stereocenters. The Morgan fingerprint density at radius 3 is 2.68 bits per heavy atom. The van der Waals surface area contributed by atoms with E-state index in [1.165, 1.54) is 0 Å². The zero-order valence-corrected chi connectivity index (χ0v) is 12.0. The van der Waals surface area contributed by atoms with Gasteiger partial charge in [-0.15, -0.1) is 0 Å². The van der Waals surface area contributed by atoms with Crippen LogP contribution in [0.2, 0.25) is 0 Å². The quantitative estimate of drug-likeness (QED) is 0.946. The van der Waals surface area contributed by atoms with E-state index in [0.29, 0.717) is 24.1 Å². The molecule has 22 heavy (non-hydrogen) atoms. The van der Waals surface area contributed by atoms with Crippen molar-refractivity contribution in [3.05, 3.63) is 23.0 Å². The molecular formula is C14H14F3N3O2. The van der Waals surface area contributed by atoms with Crippen LogP contribution in [0.4, 0.5) is 13.2 Å². The number of hydrogen-bond donors (Lipinski definition) is 1. The fraction of sp³-hybridized carbons (Fsp3) is 0.500. The molecule has 1 amide bonds. The number of pyridine rings is 1. The summed E-state index contributed by atoms with van der Waals surface area (Å²) in [5, 5.41) is 5.62. The third-order valence-corrected chi connectivity index (χ3v) is 3.69. The summed E-state index contributed by atoms with van der Waals surface area (Å²) in [7, 11) is 0. The summed E-state index contributed by atoms with van der Waals surface area (Å²) >= 11 is 0. The minimum Gasteiger partial charge on any atom is -0.353 e. The van der Waals surface area contributed by atoms with Crippen LogP contribution >= 0.6 is 0 Å². The van der Waals surface area contributed by atoms with E-state index < -0.39 is 24.0 Å². The van der Waals surface area contributed by atoms with E-state index in [2.05, 4.69) is 10.1 Å². The standard InChI is InChI=1S/C14H14F3N3O2/c1-6-5-7(2)18-9-10(20-22-11(6)9)13(21)19-12(8-3-4-8)14(15,16)17/h5,8,12H,3-4H2,1-2H3,(H,19,21). The molecule has 2 heterocycles. The van der Waals surface area contributed by atoms with Gasteiger partial charge in [-0.05, 0) is 44.2 Å². The van der Waals surface area contributed by atoms with Gasteiger partial charge >= 0.3 is 6.18 Å². The molecule has 0 aromatic carbocycles. The Kier molecular flexibility index (Phi) is 3.34. The summed E-state index contributed by atoms with van der Waals surface area (Å²) in [6.45, 7) is 3.48. The lowest BCUT2D eigenvalue weighted by atomic mass is 10.1. The van der Waals surface area contributed by atoms with Crippen LogP contribution in [0.15, 0.2) is 10.6 Å². The van der Waals surface area contributed by atoms with Gasteiger partial charge in [-0.25, -0.2) is 4.98 Å². The molecule has 1 saturated carbocycles. The number of nitrogens with one attached hydrogen (secondary N) is 1. The topological polar surface area (TPSA) is 68.0 Å². The molecule has 0 aliphatic heterocycles. The van der Waals surface area contributed by atoms with Crippen molar-refractivity contribution in [2.24, 2.45) is 5.92 Å². The molecule has 1 unspecified atom stereocenters. The van der Waals surface area contributed by atoms with Crippen LogP contribution in [-0.4, -0.2) is 28.3 Å². The van der Waals surface area contributed by atoms with E-state index in [1.807, 2.05) is 5.32 Å². The van der Waals surface area contributed by atoms with Crippen molar-refractivity contribution >= 4 is 17.0 Å². The number of nitrogens with zero attached hydrogens (tertiary/aromatic N) is 2. The number of carbonyl (C=O) groups is 1. The average molecular weight is 313 g/mol. The summed E-state index contributed by atoms with van der Waals surface area (Å²) in [4.78, 5) is 16.3. The Labute approximate surface area is 123 Å². The first kappa shape index (κ1) is 14.8. The first-order valence-corrected chi connectivity index (χ1v) is 6.88. The predicted molar refractivity (Wildman–Crippen MR) is 71.3 cm³/mol. The highest BCUT2D eigenvalue weighted by molar-refractivity contribution is 6.03. The summed E-state index contributed by atoms with van der Waals surface area (Å²) in [5.74, 6) is -1.47. The highest BCUT2D eigenvalue weighted by Gasteiger charge is 2.50. The number of alkyl halides is 3. The van der Waals surface area contributed by atoms with Crippen LogP contribution in [0.5, 0.6) is 0 Å². The summed E-state index contributed by atoms with van der Waals surface area (Å²) < 4.78 is 44.0. The van der Waals surface area contributed by atoms with Crippen molar-refractivity contribution in [3.63, 3.8) is 0 Å². The summed E-state index contributed by atoms with van der Waals surface area (Å²) in [6.07, 6.45) is -3.56. The molecule has 3 rings (SSSR count). The number of hydrogen-bond acceptors (Lipinski definition) is 4. The first-order chi connectivity index (χ1) is 10.3. The molecule has 5 nitrogen and oxygen atoms in total. The molecular weight excluding hydrogens is 299 g/mol. The number of aryl methyl sites for hydroxylation is 2. The van der Waals surface area contributed by atoms with E-state index in [-0.39, 0.29) is 11.2 Å². The van der Waals surface area contributed by atoms with Gasteiger partial charge in [0.25, 0.3) is 5.91 Å². The Bertz CT molecular complexity index is 735. The predicted octanol–water partition coefficient (Wildman–Crippen LogP) is 2.91. The number of amides is 1. The van der Waals surface area contributed by atoms with Crippen LogP contribution in [0.25, 0.3) is 11.1 Å². The van der Waals surface area contributed by atoms with Crippen LogP contribution in [0, 0.1) is 19.8 Å². The molecule has 0 bridgehead atoms. The van der Waals surface area contributed by atoms with Crippen LogP contribution in [-0.2, 0) is 0 Å². The Morgan fingerprint density at radius 1 is 1.41 bits per heavy atom. The highest BCUT2D eigenvalue weighted by Crippen LogP contribution is 2.40. The maximum Gasteiger partial charge on any atom is 0.408 e. The Balaban J connectivity index is 1.92. The van der Waals surface area contributed by atoms with Crippen LogP contribution in [0.3, 0.4) is 0 Å². The second kappa shape index (κ2) is 4.96. The fourth-order valence-corrected chi connectivity index (χ4v) is 2.49. The third-order valence-electron chi connectivity index (χ3n) is 3.69. The van der Waals surface area contributed by atoms with E-state index >= 15 is 0 Å². The molecule has 1 N–H and O–H groups in total. The smallest absolute Gasteiger partial charge is 0.353 e. The molecule has 0 saturated heterocycles. The van der Waals surface area contributed by atoms with Crippen LogP contribution < -0.4 is 5.32 Å². The number of carbonyl (C=O) groups excluding carboxylic acids is 1. The van der Waals surface area contributed by atoms with Crippen LogP contribution in [0.1, 0.15) is 34.6 Å². The van der Waals surface area contributed by atoms with Gasteiger partial charge < -0.3 is 9.84 Å². The molecule has 8 heteroatoms. The largest absolute Gasteiger partial charge is 0.408 e. The lowest BCUT2D eigenvalue weighted by molar-refractivity contribution is -0.158. The summed E-state index contributed by atoms with van der Waals surface area (Å²) in [5.41, 5.74) is 1.65. The number of halogens is 3. The fourth-order valence-electron chi connectivity index (χ4n) is 2.49. The SMILES string of the molecule is Cc1cc(C)c2onc(C(=O)NC(C3CC3)C(F)(F)F)c2n1. The zero-order chi connectivity index (χ0) is 16.1. The molecule has 1 fully saturated rings. The number of fused-ring (bicyclic) bond motifs is 1. The van der Waals surface area contributed by atoms with Crippen molar-refractivity contribution in [3.8, 4) is 0 Å². The van der Waals surface area contributed by atoms with E-state index in [9.17, 15) is 18.0 Å². The number of aromatic nitrogens is 2. The monoisotopic (exact) mass is 313 g/mol. The lowest BCUT2D eigenvalue weighted by Gasteiger charge is -2.20. The maximum absolute atomic E-state index is 13.0. The summed E-state index contributed by atoms with van der Waals surface area (Å²) in [6, 6.07) is -0.101. The molecule has 1 aliphatic rings. The highest BCUT2D eigenvalue weighted by atomic mass is 19.4. The van der Waals surface area contributed by atoms with Gasteiger partial charge in [-0.2, -0.15) is 13.2 Å². The maximum atomic E-state index is 13.0. The van der Waals surface area contributed by atoms with Gasteiger partial charge in [0.1, 0.15) is 11.6 Å². The zero-order valence-electron chi connectivity index (χ0n) is 12.0. The second-order valence-corrected chi connectivity index (χ2v) is 5.62. The van der Waals surface area contributed by atoms with Crippen molar-refractivity contribution < 1.29 is 22.5 Å². The first-order valence-electron chi connectivity index (χ1n) is 6.88. The van der Waals surface area contributed by atoms with Crippen molar-refractivity contribution in [1.29, 1.82) is 0 Å². The number of rotatable bonds is 3. The minimum absolute atomic E-state index is 0.187. The van der Waals surface area contributed by atoms with Gasteiger partial charge in [0.05, 0.1) is 0 Å². The molecule has 0 spiro atoms. The van der Waals surface area contributed by atoms with E-state index in [4.69, 9.17) is 4.52 Å². The molecule has 2 aromatic rings. The molecule has 1 aliphatic carbocycles. The van der Waals surface area contributed by atoms with Crippen molar-refractivity contribution in [1.82, 2.24) is 15.5 Å². The van der Waals surface area contributed by atoms with Crippen molar-refractivity contribution in [2.75, 3.05) is 0 Å². The Hall–Kier alpha value is -2.12. The average Bonchev–Trinajstić information content (AvgIpc) is 3.13. The molecule has 118 valence electrons. The van der Waals surface area contributed by atoms with Crippen molar-refractivity contribution in [2.45, 2.75) is 38.9 Å². The normalized spacial score (nSPS) is 16.8. The van der Waals surface area contributed by atoms with Gasteiger partial charge in [-0.1, -0.05) is 5.16 Å². The van der Waals surface area contributed by atoms with Gasteiger partial charge in [0.2, 0.25) is 0 Å². The molecule has 2 aromatic heterocycles. The second-order valence-electron chi connectivity index (χ2n) is 5.62. The van der Waals surface area contributed by atoms with Gasteiger partial charge in [-0.3, -0.25) is 4.79 Å². The van der Waals surface area contributed by atoms with E-state index in [1.54, 1.807) is 19.9 Å².